The normalized spacial score (nSPS) is 11.3. The molecule has 0 saturated heterocycles. The average Bonchev–Trinajstić information content (AvgIpc) is 2.64. The first-order chi connectivity index (χ1) is 12.0. The number of hydrogen-bond acceptors (Lipinski definition) is 6. The molecule has 0 aliphatic heterocycles. The third kappa shape index (κ3) is 7.60. The van der Waals surface area contributed by atoms with Crippen LogP contribution < -0.4 is 5.32 Å². The molecule has 25 heavy (non-hydrogen) atoms. The molecule has 1 atom stereocenters. The lowest BCUT2D eigenvalue weighted by Crippen LogP contribution is -2.41. The summed E-state index contributed by atoms with van der Waals surface area (Å²) in [6.45, 7) is 0. The van der Waals surface area contributed by atoms with Crippen LogP contribution in [0.3, 0.4) is 0 Å². The van der Waals surface area contributed by atoms with Crippen molar-refractivity contribution in [3.63, 3.8) is 0 Å². The van der Waals surface area contributed by atoms with E-state index in [0.717, 1.165) is 12.7 Å². The van der Waals surface area contributed by atoms with Crippen LogP contribution in [0.15, 0.2) is 30.3 Å². The number of rotatable bonds is 10. The summed E-state index contributed by atoms with van der Waals surface area (Å²) in [7, 11) is 2.36. The Morgan fingerprint density at radius 3 is 2.28 bits per heavy atom. The topological polar surface area (TPSA) is 98.8 Å². The predicted molar refractivity (Wildman–Crippen MR) is 89.6 cm³/mol. The lowest BCUT2D eigenvalue weighted by molar-refractivity contribution is -0.151. The Morgan fingerprint density at radius 2 is 1.68 bits per heavy atom. The number of Topliss-reactive ketones (excluding diaryl/α,β-unsaturated/α-hetero) is 1. The molecule has 7 heteroatoms. The van der Waals surface area contributed by atoms with Crippen LogP contribution in [0.2, 0.25) is 0 Å². The van der Waals surface area contributed by atoms with Crippen LogP contribution in [-0.2, 0) is 35.1 Å². The number of ether oxygens (including phenoxy) is 2. The van der Waals surface area contributed by atoms with E-state index in [4.69, 9.17) is 0 Å². The van der Waals surface area contributed by atoms with E-state index in [1.165, 1.54) is 7.11 Å². The van der Waals surface area contributed by atoms with Gasteiger partial charge in [-0.3, -0.25) is 9.59 Å². The summed E-state index contributed by atoms with van der Waals surface area (Å²) in [4.78, 5) is 46.3. The third-order valence-electron chi connectivity index (χ3n) is 3.61. The second kappa shape index (κ2) is 11.0. The second-order valence-electron chi connectivity index (χ2n) is 5.44. The summed E-state index contributed by atoms with van der Waals surface area (Å²) in [5.41, 5.74) is 1.02. The molecule has 0 aliphatic carbocycles. The zero-order valence-corrected chi connectivity index (χ0v) is 14.4. The van der Waals surface area contributed by atoms with Gasteiger partial charge in [-0.05, 0) is 24.8 Å². The minimum Gasteiger partial charge on any atom is -0.467 e. The highest BCUT2D eigenvalue weighted by Gasteiger charge is 2.22. The minimum absolute atomic E-state index is 0.0555. The van der Waals surface area contributed by atoms with Crippen LogP contribution in [0.4, 0.5) is 0 Å². The number of amides is 1. The van der Waals surface area contributed by atoms with E-state index in [0.29, 0.717) is 6.42 Å². The van der Waals surface area contributed by atoms with Crippen molar-refractivity contribution >= 4 is 23.6 Å². The van der Waals surface area contributed by atoms with Gasteiger partial charge in [-0.1, -0.05) is 30.3 Å². The Balaban J connectivity index is 2.46. The number of aryl methyl sites for hydroxylation is 1. The molecule has 0 fully saturated rings. The van der Waals surface area contributed by atoms with E-state index in [-0.39, 0.29) is 31.6 Å². The van der Waals surface area contributed by atoms with E-state index >= 15 is 0 Å². The summed E-state index contributed by atoms with van der Waals surface area (Å²) in [5.74, 6) is -2.44. The fourth-order valence-electron chi connectivity index (χ4n) is 2.24. The maximum absolute atomic E-state index is 12.0. The monoisotopic (exact) mass is 349 g/mol. The molecular formula is C18H23NO6. The summed E-state index contributed by atoms with van der Waals surface area (Å²) >= 11 is 0. The fraction of sp³-hybridized carbons (Fsp3) is 0.444. The molecule has 0 aliphatic rings. The Labute approximate surface area is 146 Å². The summed E-state index contributed by atoms with van der Waals surface area (Å²) in [6.07, 6.45) is 1.19. The van der Waals surface area contributed by atoms with Gasteiger partial charge in [0.25, 0.3) is 0 Å². The van der Waals surface area contributed by atoms with Crippen LogP contribution >= 0.6 is 0 Å². The molecule has 1 rings (SSSR count). The Morgan fingerprint density at radius 1 is 1.00 bits per heavy atom. The molecule has 1 aromatic rings. The molecule has 136 valence electrons. The van der Waals surface area contributed by atoms with Gasteiger partial charge in [0.05, 0.1) is 14.2 Å². The smallest absolute Gasteiger partial charge is 0.374 e. The zero-order chi connectivity index (χ0) is 18.7. The molecule has 0 saturated carbocycles. The first-order valence-electron chi connectivity index (χ1n) is 8.00. The minimum atomic E-state index is -0.915. The number of methoxy groups -OCH3 is 2. The average molecular weight is 349 g/mol. The lowest BCUT2D eigenvalue weighted by Gasteiger charge is -2.16. The molecule has 0 unspecified atom stereocenters. The number of benzene rings is 1. The second-order valence-corrected chi connectivity index (χ2v) is 5.44. The third-order valence-corrected chi connectivity index (χ3v) is 3.61. The molecule has 1 N–H and O–H groups in total. The molecule has 1 amide bonds. The van der Waals surface area contributed by atoms with E-state index in [1.807, 2.05) is 30.3 Å². The van der Waals surface area contributed by atoms with Crippen molar-refractivity contribution in [1.29, 1.82) is 0 Å². The predicted octanol–water partition coefficient (Wildman–Crippen LogP) is 1.19. The number of nitrogens with one attached hydrogen (secondary N) is 1. The van der Waals surface area contributed by atoms with Crippen molar-refractivity contribution in [3.05, 3.63) is 35.9 Å². The van der Waals surface area contributed by atoms with E-state index in [2.05, 4.69) is 14.8 Å². The lowest BCUT2D eigenvalue weighted by atomic mass is 10.1. The first kappa shape index (κ1) is 20.3. The van der Waals surface area contributed by atoms with Crippen molar-refractivity contribution in [2.45, 2.75) is 38.1 Å². The molecule has 0 bridgehead atoms. The van der Waals surface area contributed by atoms with Gasteiger partial charge in [-0.25, -0.2) is 9.59 Å². The highest BCUT2D eigenvalue weighted by atomic mass is 16.5. The Hall–Kier alpha value is -2.70. The fourth-order valence-corrected chi connectivity index (χ4v) is 2.24. The van der Waals surface area contributed by atoms with Crippen LogP contribution in [0.25, 0.3) is 0 Å². The van der Waals surface area contributed by atoms with Crippen LogP contribution in [-0.4, -0.2) is 43.9 Å². The molecule has 7 nitrogen and oxygen atoms in total. The van der Waals surface area contributed by atoms with Crippen LogP contribution in [0, 0.1) is 0 Å². The molecule has 0 heterocycles. The van der Waals surface area contributed by atoms with Gasteiger partial charge >= 0.3 is 11.9 Å². The highest BCUT2D eigenvalue weighted by molar-refractivity contribution is 6.33. The Kier molecular flexibility index (Phi) is 8.92. The van der Waals surface area contributed by atoms with Gasteiger partial charge in [0, 0.05) is 12.8 Å². The van der Waals surface area contributed by atoms with Crippen LogP contribution in [0.5, 0.6) is 0 Å². The van der Waals surface area contributed by atoms with Crippen molar-refractivity contribution in [3.8, 4) is 0 Å². The Bertz CT molecular complexity index is 599. The van der Waals surface area contributed by atoms with Gasteiger partial charge in [-0.2, -0.15) is 0 Å². The van der Waals surface area contributed by atoms with Crippen molar-refractivity contribution in [2.75, 3.05) is 14.2 Å². The summed E-state index contributed by atoms with van der Waals surface area (Å²) in [5, 5.41) is 2.61. The zero-order valence-electron chi connectivity index (χ0n) is 14.4. The van der Waals surface area contributed by atoms with E-state index in [1.54, 1.807) is 0 Å². The number of ketones is 1. The highest BCUT2D eigenvalue weighted by Crippen LogP contribution is 2.07. The standard InChI is InChI=1S/C18H23NO6/c1-24-17(22)14(9-6-10-15(20)18(23)25-2)19-16(21)12-11-13-7-4-3-5-8-13/h3-5,7-8,14H,6,9-12H2,1-2H3,(H,19,21)/t14-/m0/s1. The van der Waals surface area contributed by atoms with Gasteiger partial charge in [-0.15, -0.1) is 0 Å². The maximum atomic E-state index is 12.0. The molecule has 1 aromatic carbocycles. The quantitative estimate of drug-likeness (QED) is 0.503. The SMILES string of the molecule is COC(=O)C(=O)CCC[C@H](NC(=O)CCc1ccccc1)C(=O)OC. The van der Waals surface area contributed by atoms with Gasteiger partial charge < -0.3 is 14.8 Å². The van der Waals surface area contributed by atoms with Gasteiger partial charge in [0.15, 0.2) is 0 Å². The number of carbonyl (C=O) groups is 4. The summed E-state index contributed by atoms with van der Waals surface area (Å²) in [6, 6.07) is 8.67. The number of esters is 2. The van der Waals surface area contributed by atoms with Crippen molar-refractivity contribution in [1.82, 2.24) is 5.32 Å². The van der Waals surface area contributed by atoms with Crippen molar-refractivity contribution in [2.24, 2.45) is 0 Å². The number of hydrogen-bond donors (Lipinski definition) is 1. The van der Waals surface area contributed by atoms with Crippen LogP contribution in [0.1, 0.15) is 31.2 Å². The van der Waals surface area contributed by atoms with Crippen molar-refractivity contribution < 1.29 is 28.7 Å². The number of carbonyl (C=O) groups excluding carboxylic acids is 4. The summed E-state index contributed by atoms with van der Waals surface area (Å²) < 4.78 is 9.00. The van der Waals surface area contributed by atoms with Gasteiger partial charge in [0.1, 0.15) is 6.04 Å². The maximum Gasteiger partial charge on any atom is 0.374 e. The molecule has 0 aromatic heterocycles. The van der Waals surface area contributed by atoms with E-state index < -0.39 is 23.8 Å². The van der Waals surface area contributed by atoms with E-state index in [9.17, 15) is 19.2 Å². The van der Waals surface area contributed by atoms with Gasteiger partial charge in [0.2, 0.25) is 11.7 Å². The largest absolute Gasteiger partial charge is 0.467 e. The first-order valence-corrected chi connectivity index (χ1v) is 8.00. The molecule has 0 spiro atoms. The molecule has 0 radical (unpaired) electrons. The molecular weight excluding hydrogens is 326 g/mol.